The molecule has 1 rings (SSSR count). The first-order valence-electron chi connectivity index (χ1n) is 6.56. The van der Waals surface area contributed by atoms with Crippen molar-refractivity contribution >= 4 is 5.91 Å². The fraction of sp³-hybridized carbons (Fsp3) is 0.923. The maximum atomic E-state index is 11.3. The fourth-order valence-corrected chi connectivity index (χ4v) is 1.66. The molecule has 3 heteroatoms. The van der Waals surface area contributed by atoms with Gasteiger partial charge in [0.1, 0.15) is 0 Å². The van der Waals surface area contributed by atoms with Crippen LogP contribution in [0.3, 0.4) is 0 Å². The van der Waals surface area contributed by atoms with Crippen molar-refractivity contribution in [1.29, 1.82) is 0 Å². The summed E-state index contributed by atoms with van der Waals surface area (Å²) in [6.45, 7) is 9.24. The van der Waals surface area contributed by atoms with Gasteiger partial charge in [-0.25, -0.2) is 0 Å². The average molecular weight is 228 g/mol. The van der Waals surface area contributed by atoms with Crippen molar-refractivity contribution in [3.8, 4) is 0 Å². The highest BCUT2D eigenvalue weighted by Crippen LogP contribution is 2.10. The number of nitrogens with one attached hydrogen (secondary N) is 1. The van der Waals surface area contributed by atoms with Gasteiger partial charge in [0.05, 0.1) is 0 Å². The van der Waals surface area contributed by atoms with E-state index in [2.05, 4.69) is 12.2 Å². The Labute approximate surface area is 101 Å². The molecule has 0 aromatic heterocycles. The van der Waals surface area contributed by atoms with Crippen LogP contribution in [0.5, 0.6) is 0 Å². The monoisotopic (exact) mass is 228 g/mol. The van der Waals surface area contributed by atoms with Crippen molar-refractivity contribution in [2.75, 3.05) is 26.7 Å². The van der Waals surface area contributed by atoms with Gasteiger partial charge in [-0.05, 0) is 32.9 Å². The molecule has 0 atom stereocenters. The highest BCUT2D eigenvalue weighted by Gasteiger charge is 2.19. The van der Waals surface area contributed by atoms with Crippen molar-refractivity contribution < 1.29 is 4.79 Å². The zero-order chi connectivity index (χ0) is 12.4. The zero-order valence-corrected chi connectivity index (χ0v) is 11.4. The van der Waals surface area contributed by atoms with Crippen molar-refractivity contribution in [1.82, 2.24) is 10.2 Å². The first-order chi connectivity index (χ1) is 7.63. The molecule has 0 unspecified atom stereocenters. The summed E-state index contributed by atoms with van der Waals surface area (Å²) in [6.07, 6.45) is 4.98. The molecule has 1 saturated heterocycles. The molecule has 0 bridgehead atoms. The van der Waals surface area contributed by atoms with Crippen molar-refractivity contribution in [3.05, 3.63) is 0 Å². The number of carbonyl (C=O) groups excluding carboxylic acids is 1. The predicted octanol–water partition coefficient (Wildman–Crippen LogP) is 2.27. The Morgan fingerprint density at radius 2 is 1.88 bits per heavy atom. The lowest BCUT2D eigenvalue weighted by Crippen LogP contribution is -2.31. The average Bonchev–Trinajstić information content (AvgIpc) is 2.79. The summed E-state index contributed by atoms with van der Waals surface area (Å²) < 4.78 is 0. The molecule has 16 heavy (non-hydrogen) atoms. The fourth-order valence-electron chi connectivity index (χ4n) is 1.66. The summed E-state index contributed by atoms with van der Waals surface area (Å²) in [6, 6.07) is 0. The molecule has 0 aliphatic carbocycles. The Morgan fingerprint density at radius 3 is 2.19 bits per heavy atom. The summed E-state index contributed by atoms with van der Waals surface area (Å²) in [5.41, 5.74) is 0. The molecule has 0 aromatic rings. The predicted molar refractivity (Wildman–Crippen MR) is 69.5 cm³/mol. The molecule has 3 nitrogen and oxygen atoms in total. The van der Waals surface area contributed by atoms with Gasteiger partial charge in [-0.3, -0.25) is 4.79 Å². The van der Waals surface area contributed by atoms with Crippen LogP contribution in [-0.2, 0) is 4.79 Å². The van der Waals surface area contributed by atoms with Crippen molar-refractivity contribution in [2.24, 2.45) is 5.92 Å². The first kappa shape index (κ1) is 15.4. The normalized spacial score (nSPS) is 14.9. The van der Waals surface area contributed by atoms with E-state index >= 15 is 0 Å². The molecule has 1 aliphatic heterocycles. The summed E-state index contributed by atoms with van der Waals surface area (Å²) in [4.78, 5) is 13.2. The topological polar surface area (TPSA) is 32.3 Å². The third kappa shape index (κ3) is 6.83. The van der Waals surface area contributed by atoms with Crippen LogP contribution in [0.4, 0.5) is 0 Å². The number of unbranched alkanes of at least 4 members (excludes halogenated alkanes) is 1. The number of rotatable bonds is 4. The van der Waals surface area contributed by atoms with E-state index in [0.717, 1.165) is 19.6 Å². The molecule has 1 aliphatic rings. The largest absolute Gasteiger partial charge is 0.342 e. The molecule has 0 saturated carbocycles. The number of hydrogen-bond donors (Lipinski definition) is 1. The minimum atomic E-state index is 0.179. The van der Waals surface area contributed by atoms with Crippen molar-refractivity contribution in [3.63, 3.8) is 0 Å². The SMILES string of the molecule is CC(C)C(=O)N1CCCC1.CCCCNC. The number of likely N-dealkylation sites (tertiary alicyclic amines) is 1. The third-order valence-corrected chi connectivity index (χ3v) is 2.69. The van der Waals surface area contributed by atoms with Crippen LogP contribution < -0.4 is 5.32 Å². The van der Waals surface area contributed by atoms with Crippen LogP contribution >= 0.6 is 0 Å². The van der Waals surface area contributed by atoms with Crippen LogP contribution in [-0.4, -0.2) is 37.5 Å². The smallest absolute Gasteiger partial charge is 0.225 e. The van der Waals surface area contributed by atoms with E-state index in [1.807, 2.05) is 25.8 Å². The van der Waals surface area contributed by atoms with Gasteiger partial charge in [-0.1, -0.05) is 27.2 Å². The highest BCUT2D eigenvalue weighted by molar-refractivity contribution is 5.78. The Hall–Kier alpha value is -0.570. The molecule has 1 amide bonds. The molecule has 96 valence electrons. The van der Waals surface area contributed by atoms with Gasteiger partial charge in [0, 0.05) is 19.0 Å². The molecule has 0 aromatic carbocycles. The third-order valence-electron chi connectivity index (χ3n) is 2.69. The van der Waals surface area contributed by atoms with Crippen LogP contribution in [0, 0.1) is 5.92 Å². The van der Waals surface area contributed by atoms with Crippen LogP contribution in [0.1, 0.15) is 46.5 Å². The lowest BCUT2D eigenvalue weighted by atomic mass is 10.2. The minimum Gasteiger partial charge on any atom is -0.342 e. The molecule has 1 heterocycles. The maximum Gasteiger partial charge on any atom is 0.225 e. The summed E-state index contributed by atoms with van der Waals surface area (Å²) in [7, 11) is 1.98. The second-order valence-electron chi connectivity index (χ2n) is 4.64. The quantitative estimate of drug-likeness (QED) is 0.749. The lowest BCUT2D eigenvalue weighted by molar-refractivity contribution is -0.133. The van der Waals surface area contributed by atoms with Crippen LogP contribution in [0.25, 0.3) is 0 Å². The summed E-state index contributed by atoms with van der Waals surface area (Å²) in [5, 5.41) is 3.07. The minimum absolute atomic E-state index is 0.179. The van der Waals surface area contributed by atoms with Gasteiger partial charge in [-0.15, -0.1) is 0 Å². The van der Waals surface area contributed by atoms with E-state index in [1.54, 1.807) is 0 Å². The Morgan fingerprint density at radius 1 is 1.31 bits per heavy atom. The number of hydrogen-bond acceptors (Lipinski definition) is 2. The van der Waals surface area contributed by atoms with Crippen LogP contribution in [0.15, 0.2) is 0 Å². The zero-order valence-electron chi connectivity index (χ0n) is 11.4. The van der Waals surface area contributed by atoms with Crippen molar-refractivity contribution in [2.45, 2.75) is 46.5 Å². The maximum absolute atomic E-state index is 11.3. The molecular weight excluding hydrogens is 200 g/mol. The standard InChI is InChI=1S/C8H15NO.C5H13N/c1-7(2)8(10)9-5-3-4-6-9;1-3-4-5-6-2/h7H,3-6H2,1-2H3;6H,3-5H2,1-2H3. The molecule has 1 N–H and O–H groups in total. The van der Waals surface area contributed by atoms with Gasteiger partial charge in [-0.2, -0.15) is 0 Å². The number of carbonyl (C=O) groups is 1. The second-order valence-corrected chi connectivity index (χ2v) is 4.64. The summed E-state index contributed by atoms with van der Waals surface area (Å²) in [5.74, 6) is 0.496. The number of amides is 1. The highest BCUT2D eigenvalue weighted by atomic mass is 16.2. The van der Waals surface area contributed by atoms with E-state index in [9.17, 15) is 4.79 Å². The molecule has 1 fully saturated rings. The van der Waals surface area contributed by atoms with Gasteiger partial charge in [0.15, 0.2) is 0 Å². The molecule has 0 spiro atoms. The summed E-state index contributed by atoms with van der Waals surface area (Å²) >= 11 is 0. The van der Waals surface area contributed by atoms with Gasteiger partial charge < -0.3 is 10.2 Å². The van der Waals surface area contributed by atoms with Gasteiger partial charge in [0.25, 0.3) is 0 Å². The van der Waals surface area contributed by atoms with E-state index in [-0.39, 0.29) is 5.92 Å². The molecular formula is C13H28N2O. The van der Waals surface area contributed by atoms with E-state index in [4.69, 9.17) is 0 Å². The lowest BCUT2D eigenvalue weighted by Gasteiger charge is -2.17. The Bertz CT molecular complexity index is 171. The Balaban J connectivity index is 0.000000325. The number of nitrogens with zero attached hydrogens (tertiary/aromatic N) is 1. The van der Waals surface area contributed by atoms with Crippen LogP contribution in [0.2, 0.25) is 0 Å². The van der Waals surface area contributed by atoms with E-state index in [1.165, 1.54) is 25.7 Å². The van der Waals surface area contributed by atoms with E-state index < -0.39 is 0 Å². The molecule has 0 radical (unpaired) electrons. The van der Waals surface area contributed by atoms with E-state index in [0.29, 0.717) is 5.91 Å². The van der Waals surface area contributed by atoms with Gasteiger partial charge >= 0.3 is 0 Å². The first-order valence-corrected chi connectivity index (χ1v) is 6.56. The van der Waals surface area contributed by atoms with Gasteiger partial charge in [0.2, 0.25) is 5.91 Å². The Kier molecular flexibility index (Phi) is 9.30. The second kappa shape index (κ2) is 9.64.